The van der Waals surface area contributed by atoms with E-state index in [0.717, 1.165) is 12.8 Å². The first kappa shape index (κ1) is 12.0. The molecule has 0 fully saturated rings. The molecule has 0 aromatic heterocycles. The Morgan fingerprint density at radius 2 is 2.20 bits per heavy atom. The molecule has 3 N–H and O–H groups in total. The smallest absolute Gasteiger partial charge is 0.314 e. The van der Waals surface area contributed by atoms with Gasteiger partial charge in [-0.3, -0.25) is 9.79 Å². The normalized spacial score (nSPS) is 30.3. The molecule has 0 radical (unpaired) electrons. The van der Waals surface area contributed by atoms with E-state index in [9.17, 15) is 4.79 Å². The van der Waals surface area contributed by atoms with Crippen molar-refractivity contribution in [1.82, 2.24) is 0 Å². The van der Waals surface area contributed by atoms with Crippen LogP contribution in [0.2, 0.25) is 0 Å². The van der Waals surface area contributed by atoms with Crippen molar-refractivity contribution in [3.05, 3.63) is 0 Å². The molecule has 0 bridgehead atoms. The minimum atomic E-state index is -0.846. The third kappa shape index (κ3) is 2.70. The molecule has 1 aliphatic heterocycles. The number of hydrogen-bond acceptors (Lipinski definition) is 3. The third-order valence-electron chi connectivity index (χ3n) is 3.14. The SMILES string of the molecule is CCCCC[C@H]1N=C(N)[C@@H](C(=O)O)[C@H]1C. The van der Waals surface area contributed by atoms with Gasteiger partial charge in [0.25, 0.3) is 0 Å². The van der Waals surface area contributed by atoms with Gasteiger partial charge in [-0.05, 0) is 12.3 Å². The summed E-state index contributed by atoms with van der Waals surface area (Å²) in [6, 6.07) is 0.109. The number of unbranched alkanes of at least 4 members (excludes halogenated alkanes) is 2. The molecule has 1 rings (SSSR count). The maximum Gasteiger partial charge on any atom is 0.314 e. The lowest BCUT2D eigenvalue weighted by Gasteiger charge is -2.16. The van der Waals surface area contributed by atoms with Gasteiger partial charge in [-0.1, -0.05) is 33.1 Å². The van der Waals surface area contributed by atoms with Gasteiger partial charge in [0.1, 0.15) is 11.8 Å². The molecule has 0 aromatic carbocycles. The molecule has 4 heteroatoms. The van der Waals surface area contributed by atoms with Crippen LogP contribution in [0.25, 0.3) is 0 Å². The van der Waals surface area contributed by atoms with Crippen LogP contribution in [0.15, 0.2) is 4.99 Å². The van der Waals surface area contributed by atoms with E-state index in [1.807, 2.05) is 6.92 Å². The third-order valence-corrected chi connectivity index (χ3v) is 3.14. The van der Waals surface area contributed by atoms with Crippen LogP contribution in [-0.4, -0.2) is 23.0 Å². The zero-order chi connectivity index (χ0) is 11.4. The van der Waals surface area contributed by atoms with Gasteiger partial charge in [0.05, 0.1) is 6.04 Å². The van der Waals surface area contributed by atoms with E-state index in [0.29, 0.717) is 5.84 Å². The summed E-state index contributed by atoms with van der Waals surface area (Å²) in [5.41, 5.74) is 5.63. The van der Waals surface area contributed by atoms with Crippen molar-refractivity contribution in [3.8, 4) is 0 Å². The second-order valence-corrected chi connectivity index (χ2v) is 4.29. The van der Waals surface area contributed by atoms with Crippen LogP contribution in [0.5, 0.6) is 0 Å². The van der Waals surface area contributed by atoms with Crippen molar-refractivity contribution >= 4 is 11.8 Å². The molecule has 0 aromatic rings. The first-order chi connectivity index (χ1) is 7.07. The highest BCUT2D eigenvalue weighted by molar-refractivity contribution is 6.01. The lowest BCUT2D eigenvalue weighted by atomic mass is 9.88. The molecule has 0 unspecified atom stereocenters. The van der Waals surface area contributed by atoms with Gasteiger partial charge >= 0.3 is 5.97 Å². The molecule has 1 heterocycles. The molecule has 0 saturated heterocycles. The quantitative estimate of drug-likeness (QED) is 0.680. The summed E-state index contributed by atoms with van der Waals surface area (Å²) in [6.45, 7) is 4.08. The molecular formula is C11H20N2O2. The van der Waals surface area contributed by atoms with Crippen LogP contribution in [0.3, 0.4) is 0 Å². The zero-order valence-corrected chi connectivity index (χ0v) is 9.44. The number of nitrogens with zero attached hydrogens (tertiary/aromatic N) is 1. The predicted octanol–water partition coefficient (Wildman–Crippen LogP) is 1.64. The Bertz CT molecular complexity index is 263. The van der Waals surface area contributed by atoms with E-state index in [1.54, 1.807) is 0 Å². The molecular weight excluding hydrogens is 192 g/mol. The Morgan fingerprint density at radius 1 is 1.53 bits per heavy atom. The second-order valence-electron chi connectivity index (χ2n) is 4.29. The summed E-state index contributed by atoms with van der Waals surface area (Å²) in [7, 11) is 0. The standard InChI is InChI=1S/C11H20N2O2/c1-3-4-5-6-8-7(2)9(11(14)15)10(12)13-8/h7-9H,3-6H2,1-2H3,(H2,12,13)(H,14,15)/t7-,8+,9-/m0/s1. The van der Waals surface area contributed by atoms with Crippen molar-refractivity contribution in [2.75, 3.05) is 0 Å². The Balaban J connectivity index is 2.52. The molecule has 1 aliphatic rings. The van der Waals surface area contributed by atoms with Gasteiger partial charge in [0.2, 0.25) is 0 Å². The molecule has 4 nitrogen and oxygen atoms in total. The summed E-state index contributed by atoms with van der Waals surface area (Å²) in [6.07, 6.45) is 4.41. The number of rotatable bonds is 5. The number of nitrogens with two attached hydrogens (primary N) is 1. The fraction of sp³-hybridized carbons (Fsp3) is 0.818. The maximum absolute atomic E-state index is 10.9. The molecule has 3 atom stereocenters. The molecule has 0 amide bonds. The Labute approximate surface area is 90.6 Å². The number of hydrogen-bond donors (Lipinski definition) is 2. The van der Waals surface area contributed by atoms with E-state index >= 15 is 0 Å². The number of carboxylic acids is 1. The van der Waals surface area contributed by atoms with E-state index in [2.05, 4.69) is 11.9 Å². The first-order valence-electron chi connectivity index (χ1n) is 5.63. The lowest BCUT2D eigenvalue weighted by Crippen LogP contribution is -2.32. The van der Waals surface area contributed by atoms with Gasteiger partial charge in [0, 0.05) is 0 Å². The van der Waals surface area contributed by atoms with E-state index in [-0.39, 0.29) is 12.0 Å². The number of amidine groups is 1. The minimum absolute atomic E-state index is 0.0411. The van der Waals surface area contributed by atoms with Crippen LogP contribution in [0, 0.1) is 11.8 Å². The largest absolute Gasteiger partial charge is 0.481 e. The second kappa shape index (κ2) is 5.14. The van der Waals surface area contributed by atoms with Gasteiger partial charge in [-0.25, -0.2) is 0 Å². The average Bonchev–Trinajstić information content (AvgIpc) is 2.42. The molecule has 86 valence electrons. The average molecular weight is 212 g/mol. The fourth-order valence-corrected chi connectivity index (χ4v) is 2.16. The number of aliphatic imine (C=N–C) groups is 1. The van der Waals surface area contributed by atoms with Crippen molar-refractivity contribution < 1.29 is 9.90 Å². The van der Waals surface area contributed by atoms with Crippen LogP contribution in [-0.2, 0) is 4.79 Å². The summed E-state index contributed by atoms with van der Waals surface area (Å²) in [5.74, 6) is -1.07. The highest BCUT2D eigenvalue weighted by atomic mass is 16.4. The summed E-state index contributed by atoms with van der Waals surface area (Å²) >= 11 is 0. The van der Waals surface area contributed by atoms with E-state index in [4.69, 9.17) is 10.8 Å². The highest BCUT2D eigenvalue weighted by Gasteiger charge is 2.38. The van der Waals surface area contributed by atoms with E-state index in [1.165, 1.54) is 12.8 Å². The number of carbonyl (C=O) groups is 1. The van der Waals surface area contributed by atoms with E-state index < -0.39 is 11.9 Å². The van der Waals surface area contributed by atoms with Crippen LogP contribution < -0.4 is 5.73 Å². The minimum Gasteiger partial charge on any atom is -0.481 e. The highest BCUT2D eigenvalue weighted by Crippen LogP contribution is 2.29. The summed E-state index contributed by atoms with van der Waals surface area (Å²) < 4.78 is 0. The fourth-order valence-electron chi connectivity index (χ4n) is 2.16. The zero-order valence-electron chi connectivity index (χ0n) is 9.44. The predicted molar refractivity (Wildman–Crippen MR) is 59.8 cm³/mol. The van der Waals surface area contributed by atoms with Gasteiger partial charge < -0.3 is 10.8 Å². The van der Waals surface area contributed by atoms with Gasteiger partial charge in [-0.15, -0.1) is 0 Å². The van der Waals surface area contributed by atoms with Crippen LogP contribution >= 0.6 is 0 Å². The van der Waals surface area contributed by atoms with Crippen molar-refractivity contribution in [2.24, 2.45) is 22.6 Å². The Hall–Kier alpha value is -1.06. The van der Waals surface area contributed by atoms with Gasteiger partial charge in [-0.2, -0.15) is 0 Å². The van der Waals surface area contributed by atoms with Crippen molar-refractivity contribution in [2.45, 2.75) is 45.6 Å². The van der Waals surface area contributed by atoms with Crippen molar-refractivity contribution in [1.29, 1.82) is 0 Å². The molecule has 0 spiro atoms. The lowest BCUT2D eigenvalue weighted by molar-refractivity contribution is -0.140. The van der Waals surface area contributed by atoms with Crippen LogP contribution in [0.1, 0.15) is 39.5 Å². The Kier molecular flexibility index (Phi) is 4.12. The number of aliphatic carboxylic acids is 1. The molecule has 15 heavy (non-hydrogen) atoms. The number of carboxylic acid groups (broad SMARTS) is 1. The summed E-state index contributed by atoms with van der Waals surface area (Å²) in [4.78, 5) is 15.2. The van der Waals surface area contributed by atoms with Crippen LogP contribution in [0.4, 0.5) is 0 Å². The summed E-state index contributed by atoms with van der Waals surface area (Å²) in [5, 5.41) is 8.98. The monoisotopic (exact) mass is 212 g/mol. The first-order valence-corrected chi connectivity index (χ1v) is 5.63. The molecule has 0 saturated carbocycles. The maximum atomic E-state index is 10.9. The Morgan fingerprint density at radius 3 is 2.67 bits per heavy atom. The molecule has 0 aliphatic carbocycles. The van der Waals surface area contributed by atoms with Gasteiger partial charge in [0.15, 0.2) is 0 Å². The van der Waals surface area contributed by atoms with Crippen molar-refractivity contribution in [3.63, 3.8) is 0 Å². The topological polar surface area (TPSA) is 75.7 Å².